The third kappa shape index (κ3) is 2.56. The minimum absolute atomic E-state index is 0.0690. The van der Waals surface area contributed by atoms with Gasteiger partial charge in [-0.2, -0.15) is 5.10 Å². The third-order valence-corrected chi connectivity index (χ3v) is 4.82. The molecular formula is C10H18N4O3S. The Hall–Kier alpha value is -0.960. The largest absolute Gasteiger partial charge is 0.390 e. The predicted octanol–water partition coefficient (Wildman–Crippen LogP) is -0.807. The molecule has 0 aliphatic carbocycles. The van der Waals surface area contributed by atoms with Gasteiger partial charge in [0.1, 0.15) is 10.6 Å². The molecule has 1 aliphatic heterocycles. The summed E-state index contributed by atoms with van der Waals surface area (Å²) < 4.78 is 27.2. The van der Waals surface area contributed by atoms with Crippen molar-refractivity contribution in [1.29, 1.82) is 0 Å². The summed E-state index contributed by atoms with van der Waals surface area (Å²) in [7, 11) is -1.67. The zero-order chi connectivity index (χ0) is 13.3. The summed E-state index contributed by atoms with van der Waals surface area (Å²) in [5.41, 5.74) is 0.601. The molecule has 0 radical (unpaired) electrons. The second kappa shape index (κ2) is 4.96. The Morgan fingerprint density at radius 2 is 2.33 bits per heavy atom. The van der Waals surface area contributed by atoms with Crippen molar-refractivity contribution in [1.82, 2.24) is 19.8 Å². The van der Waals surface area contributed by atoms with Crippen molar-refractivity contribution in [2.45, 2.75) is 30.9 Å². The molecule has 102 valence electrons. The molecule has 2 rings (SSSR count). The Morgan fingerprint density at radius 1 is 1.61 bits per heavy atom. The molecule has 2 heterocycles. The molecule has 1 saturated heterocycles. The fraction of sp³-hybridized carbons (Fsp3) is 0.700. The van der Waals surface area contributed by atoms with Crippen LogP contribution in [0.4, 0.5) is 0 Å². The van der Waals surface area contributed by atoms with Crippen LogP contribution in [-0.2, 0) is 16.6 Å². The first-order chi connectivity index (χ1) is 8.44. The topological polar surface area (TPSA) is 98.3 Å². The summed E-state index contributed by atoms with van der Waals surface area (Å²) in [4.78, 5) is 2.14. The van der Waals surface area contributed by atoms with E-state index in [9.17, 15) is 8.42 Å². The lowest BCUT2D eigenvalue weighted by Gasteiger charge is -2.13. The maximum absolute atomic E-state index is 12.3. The first kappa shape index (κ1) is 13.5. The normalized spacial score (nSPS) is 21.6. The van der Waals surface area contributed by atoms with Gasteiger partial charge in [0.25, 0.3) is 0 Å². The van der Waals surface area contributed by atoms with Crippen LogP contribution in [-0.4, -0.2) is 54.8 Å². The van der Waals surface area contributed by atoms with Crippen LogP contribution in [0, 0.1) is 6.92 Å². The van der Waals surface area contributed by atoms with E-state index < -0.39 is 16.6 Å². The van der Waals surface area contributed by atoms with Gasteiger partial charge in [0, 0.05) is 12.6 Å². The van der Waals surface area contributed by atoms with E-state index in [1.165, 1.54) is 0 Å². The van der Waals surface area contributed by atoms with E-state index in [-0.39, 0.29) is 16.6 Å². The first-order valence-corrected chi connectivity index (χ1v) is 7.28. The number of aliphatic hydroxyl groups is 1. The zero-order valence-corrected chi connectivity index (χ0v) is 11.3. The molecule has 0 bridgehead atoms. The van der Waals surface area contributed by atoms with E-state index in [0.29, 0.717) is 12.2 Å². The number of likely N-dealkylation sites (N-methyl/N-ethyl adjacent to an activating group) is 1. The Labute approximate surface area is 106 Å². The van der Waals surface area contributed by atoms with E-state index in [1.54, 1.807) is 6.92 Å². The number of hydrogen-bond acceptors (Lipinski definition) is 5. The van der Waals surface area contributed by atoms with Crippen molar-refractivity contribution in [2.75, 3.05) is 20.1 Å². The average molecular weight is 274 g/mol. The van der Waals surface area contributed by atoms with E-state index >= 15 is 0 Å². The zero-order valence-electron chi connectivity index (χ0n) is 10.5. The number of aromatic nitrogens is 2. The molecule has 0 amide bonds. The van der Waals surface area contributed by atoms with Gasteiger partial charge in [0.2, 0.25) is 10.0 Å². The highest BCUT2D eigenvalue weighted by atomic mass is 32.2. The minimum atomic E-state index is -3.63. The molecule has 8 heteroatoms. The smallest absolute Gasteiger partial charge is 0.244 e. The highest BCUT2D eigenvalue weighted by Gasteiger charge is 2.29. The quantitative estimate of drug-likeness (QED) is 0.667. The van der Waals surface area contributed by atoms with Crippen LogP contribution in [0.15, 0.2) is 4.90 Å². The van der Waals surface area contributed by atoms with Crippen LogP contribution in [0.2, 0.25) is 0 Å². The van der Waals surface area contributed by atoms with Crippen molar-refractivity contribution in [3.05, 3.63) is 11.4 Å². The van der Waals surface area contributed by atoms with Gasteiger partial charge in [-0.3, -0.25) is 5.10 Å². The van der Waals surface area contributed by atoms with Crippen LogP contribution in [0.25, 0.3) is 0 Å². The summed E-state index contributed by atoms with van der Waals surface area (Å²) in [6, 6.07) is -0.0826. The highest BCUT2D eigenvalue weighted by Crippen LogP contribution is 2.19. The van der Waals surface area contributed by atoms with Crippen molar-refractivity contribution in [3.8, 4) is 0 Å². The van der Waals surface area contributed by atoms with Crippen LogP contribution < -0.4 is 4.72 Å². The Morgan fingerprint density at radius 3 is 2.89 bits per heavy atom. The van der Waals surface area contributed by atoms with Gasteiger partial charge in [0.15, 0.2) is 0 Å². The number of H-pyrrole nitrogens is 1. The number of aromatic amines is 1. The van der Waals surface area contributed by atoms with Gasteiger partial charge in [0.05, 0.1) is 12.3 Å². The van der Waals surface area contributed by atoms with Crippen LogP contribution in [0.3, 0.4) is 0 Å². The maximum atomic E-state index is 12.3. The third-order valence-electron chi connectivity index (χ3n) is 3.09. The molecule has 1 atom stereocenters. The van der Waals surface area contributed by atoms with Gasteiger partial charge in [-0.15, -0.1) is 0 Å². The van der Waals surface area contributed by atoms with E-state index in [4.69, 9.17) is 5.11 Å². The van der Waals surface area contributed by atoms with E-state index in [1.807, 2.05) is 7.05 Å². The molecule has 1 aromatic heterocycles. The van der Waals surface area contributed by atoms with Crippen molar-refractivity contribution < 1.29 is 13.5 Å². The van der Waals surface area contributed by atoms with Crippen LogP contribution in [0.1, 0.15) is 17.8 Å². The molecular weight excluding hydrogens is 256 g/mol. The molecule has 1 aromatic rings. The number of rotatable bonds is 4. The number of likely N-dealkylation sites (tertiary alicyclic amines) is 1. The molecule has 1 aliphatic rings. The number of sulfonamides is 1. The standard InChI is InChI=1S/C10H18N4O3S/c1-7-10(9(6-15)12-11-7)18(16,17)13-8-3-4-14(2)5-8/h8,13,15H,3-6H2,1-2H3,(H,11,12). The lowest BCUT2D eigenvalue weighted by Crippen LogP contribution is -2.37. The lowest BCUT2D eigenvalue weighted by atomic mass is 10.3. The maximum Gasteiger partial charge on any atom is 0.244 e. The summed E-state index contributed by atoms with van der Waals surface area (Å²) in [6.45, 7) is 2.81. The molecule has 0 spiro atoms. The highest BCUT2D eigenvalue weighted by molar-refractivity contribution is 7.89. The van der Waals surface area contributed by atoms with Crippen LogP contribution >= 0.6 is 0 Å². The van der Waals surface area contributed by atoms with Gasteiger partial charge in [-0.05, 0) is 26.9 Å². The first-order valence-electron chi connectivity index (χ1n) is 5.79. The van der Waals surface area contributed by atoms with Crippen LogP contribution in [0.5, 0.6) is 0 Å². The van der Waals surface area contributed by atoms with Gasteiger partial charge in [-0.25, -0.2) is 13.1 Å². The molecule has 18 heavy (non-hydrogen) atoms. The predicted molar refractivity (Wildman–Crippen MR) is 65.5 cm³/mol. The monoisotopic (exact) mass is 274 g/mol. The van der Waals surface area contributed by atoms with E-state index in [2.05, 4.69) is 19.8 Å². The molecule has 0 saturated carbocycles. The van der Waals surface area contributed by atoms with Crippen molar-refractivity contribution in [2.24, 2.45) is 0 Å². The Kier molecular flexibility index (Phi) is 3.71. The van der Waals surface area contributed by atoms with Gasteiger partial charge >= 0.3 is 0 Å². The average Bonchev–Trinajstić information content (AvgIpc) is 2.84. The molecule has 7 nitrogen and oxygen atoms in total. The molecule has 3 N–H and O–H groups in total. The number of aliphatic hydroxyl groups excluding tert-OH is 1. The summed E-state index contributed by atoms with van der Waals surface area (Å²) in [5.74, 6) is 0. The van der Waals surface area contributed by atoms with Crippen molar-refractivity contribution >= 4 is 10.0 Å². The fourth-order valence-electron chi connectivity index (χ4n) is 2.24. The minimum Gasteiger partial charge on any atom is -0.390 e. The number of nitrogens with zero attached hydrogens (tertiary/aromatic N) is 2. The molecule has 1 unspecified atom stereocenters. The summed E-state index contributed by atoms with van der Waals surface area (Å²) in [5, 5.41) is 15.5. The number of nitrogens with one attached hydrogen (secondary N) is 2. The Balaban J connectivity index is 2.22. The number of hydrogen-bond donors (Lipinski definition) is 3. The Bertz CT molecular complexity index is 525. The summed E-state index contributed by atoms with van der Waals surface area (Å²) >= 11 is 0. The molecule has 0 aromatic carbocycles. The second-order valence-corrected chi connectivity index (χ2v) is 6.30. The second-order valence-electron chi connectivity index (χ2n) is 4.65. The van der Waals surface area contributed by atoms with Gasteiger partial charge < -0.3 is 10.0 Å². The SMILES string of the molecule is Cc1[nH]nc(CO)c1S(=O)(=O)NC1CCN(C)C1. The lowest BCUT2D eigenvalue weighted by molar-refractivity contribution is 0.273. The summed E-state index contributed by atoms with van der Waals surface area (Å²) in [6.07, 6.45) is 0.793. The fourth-order valence-corrected chi connectivity index (χ4v) is 3.86. The van der Waals surface area contributed by atoms with Crippen molar-refractivity contribution in [3.63, 3.8) is 0 Å². The van der Waals surface area contributed by atoms with Gasteiger partial charge in [-0.1, -0.05) is 0 Å². The molecule has 1 fully saturated rings. The number of aryl methyl sites for hydroxylation is 1. The van der Waals surface area contributed by atoms with E-state index in [0.717, 1.165) is 13.0 Å².